The van der Waals surface area contributed by atoms with Gasteiger partial charge in [-0.25, -0.2) is 0 Å². The van der Waals surface area contributed by atoms with E-state index in [4.69, 9.17) is 0 Å². The Morgan fingerprint density at radius 1 is 1.16 bits per heavy atom. The molecule has 19 heavy (non-hydrogen) atoms. The summed E-state index contributed by atoms with van der Waals surface area (Å²) in [5.74, 6) is 1.69. The van der Waals surface area contributed by atoms with Gasteiger partial charge in [0.15, 0.2) is 5.82 Å². The maximum atomic E-state index is 4.02. The van der Waals surface area contributed by atoms with E-state index in [0.29, 0.717) is 6.17 Å². The van der Waals surface area contributed by atoms with Crippen molar-refractivity contribution < 1.29 is 0 Å². The smallest absolute Gasteiger partial charge is 0.174 e. The van der Waals surface area contributed by atoms with Gasteiger partial charge in [0.1, 0.15) is 0 Å². The van der Waals surface area contributed by atoms with Crippen LogP contribution in [0.3, 0.4) is 0 Å². The first kappa shape index (κ1) is 13.0. The summed E-state index contributed by atoms with van der Waals surface area (Å²) < 4.78 is 0. The average molecular weight is 264 g/mol. The molecular formula is C13H24N6. The van der Waals surface area contributed by atoms with Crippen molar-refractivity contribution in [3.8, 4) is 0 Å². The Balaban J connectivity index is 1.39. The van der Waals surface area contributed by atoms with Gasteiger partial charge in [0.05, 0.1) is 6.17 Å². The topological polar surface area (TPSA) is 69.7 Å². The van der Waals surface area contributed by atoms with Crippen molar-refractivity contribution in [1.82, 2.24) is 30.8 Å². The minimum absolute atomic E-state index is 0.645. The molecule has 2 saturated heterocycles. The van der Waals surface area contributed by atoms with Gasteiger partial charge in [0, 0.05) is 6.42 Å². The van der Waals surface area contributed by atoms with E-state index in [9.17, 15) is 0 Å². The summed E-state index contributed by atoms with van der Waals surface area (Å²) in [7, 11) is 0. The number of aryl methyl sites for hydroxylation is 1. The van der Waals surface area contributed by atoms with Gasteiger partial charge in [-0.1, -0.05) is 5.21 Å². The third-order valence-corrected chi connectivity index (χ3v) is 4.54. The molecule has 6 heteroatoms. The summed E-state index contributed by atoms with van der Waals surface area (Å²) in [6.45, 7) is 3.69. The molecule has 2 aliphatic rings. The first-order valence-electron chi connectivity index (χ1n) is 7.61. The van der Waals surface area contributed by atoms with Gasteiger partial charge < -0.3 is 5.32 Å². The third kappa shape index (κ3) is 3.51. The second-order valence-electron chi connectivity index (χ2n) is 5.81. The molecule has 2 aliphatic heterocycles. The second-order valence-corrected chi connectivity index (χ2v) is 5.81. The minimum atomic E-state index is 0.645. The minimum Gasteiger partial charge on any atom is -0.302 e. The molecule has 1 aromatic rings. The summed E-state index contributed by atoms with van der Waals surface area (Å²) in [5, 5.41) is 17.8. The van der Waals surface area contributed by atoms with Gasteiger partial charge in [-0.05, 0) is 64.1 Å². The Morgan fingerprint density at radius 2 is 2.05 bits per heavy atom. The van der Waals surface area contributed by atoms with Crippen LogP contribution >= 0.6 is 0 Å². The Labute approximate surface area is 114 Å². The second kappa shape index (κ2) is 6.43. The van der Waals surface area contributed by atoms with Gasteiger partial charge in [0.25, 0.3) is 0 Å². The lowest BCUT2D eigenvalue weighted by molar-refractivity contribution is 0.0908. The monoisotopic (exact) mass is 264 g/mol. The highest BCUT2D eigenvalue weighted by Gasteiger charge is 2.25. The summed E-state index contributed by atoms with van der Waals surface area (Å²) in [6.07, 6.45) is 9.49. The normalized spacial score (nSPS) is 26.6. The lowest BCUT2D eigenvalue weighted by Crippen LogP contribution is -2.51. The van der Waals surface area contributed by atoms with Crippen molar-refractivity contribution in [2.24, 2.45) is 5.92 Å². The molecule has 6 nitrogen and oxygen atoms in total. The highest BCUT2D eigenvalue weighted by molar-refractivity contribution is 4.82. The number of aromatic nitrogens is 4. The number of rotatable bonds is 4. The standard InChI is InChI=1S/C13H24N6/c1-2-8-14-13(3-1)19-9-6-11(7-10-19)4-5-12-15-17-18-16-12/h11,13-14H,1-10H2,(H,15,16,17,18). The molecule has 1 aromatic heterocycles. The van der Waals surface area contributed by atoms with E-state index in [1.165, 1.54) is 58.2 Å². The van der Waals surface area contributed by atoms with E-state index in [1.54, 1.807) is 0 Å². The maximum Gasteiger partial charge on any atom is 0.174 e. The summed E-state index contributed by atoms with van der Waals surface area (Å²) >= 11 is 0. The van der Waals surface area contributed by atoms with Gasteiger partial charge >= 0.3 is 0 Å². The molecule has 0 spiro atoms. The van der Waals surface area contributed by atoms with Crippen molar-refractivity contribution in [3.63, 3.8) is 0 Å². The van der Waals surface area contributed by atoms with E-state index in [0.717, 1.165) is 18.2 Å². The lowest BCUT2D eigenvalue weighted by atomic mass is 9.91. The number of nitrogens with one attached hydrogen (secondary N) is 2. The molecule has 0 amide bonds. The van der Waals surface area contributed by atoms with Gasteiger partial charge in [-0.3, -0.25) is 4.90 Å². The number of aromatic amines is 1. The zero-order chi connectivity index (χ0) is 12.9. The zero-order valence-corrected chi connectivity index (χ0v) is 11.5. The van der Waals surface area contributed by atoms with Crippen LogP contribution in [0.4, 0.5) is 0 Å². The van der Waals surface area contributed by atoms with E-state index >= 15 is 0 Å². The van der Waals surface area contributed by atoms with Crippen LogP contribution in [-0.4, -0.2) is 51.3 Å². The van der Waals surface area contributed by atoms with E-state index in [2.05, 4.69) is 30.8 Å². The van der Waals surface area contributed by atoms with Crippen LogP contribution in [0.1, 0.15) is 44.3 Å². The van der Waals surface area contributed by atoms with Crippen molar-refractivity contribution in [3.05, 3.63) is 5.82 Å². The zero-order valence-electron chi connectivity index (χ0n) is 11.5. The van der Waals surface area contributed by atoms with Gasteiger partial charge in [-0.2, -0.15) is 5.21 Å². The lowest BCUT2D eigenvalue weighted by Gasteiger charge is -2.39. The molecule has 1 atom stereocenters. The van der Waals surface area contributed by atoms with E-state index in [1.807, 2.05) is 0 Å². The first-order valence-corrected chi connectivity index (χ1v) is 7.61. The highest BCUT2D eigenvalue weighted by atomic mass is 15.5. The quantitative estimate of drug-likeness (QED) is 0.847. The van der Waals surface area contributed by atoms with Crippen molar-refractivity contribution in [2.45, 2.75) is 51.1 Å². The van der Waals surface area contributed by atoms with E-state index < -0.39 is 0 Å². The molecule has 0 radical (unpaired) electrons. The number of H-pyrrole nitrogens is 1. The molecule has 3 rings (SSSR count). The highest BCUT2D eigenvalue weighted by Crippen LogP contribution is 2.24. The van der Waals surface area contributed by atoms with Crippen LogP contribution in [0.15, 0.2) is 0 Å². The van der Waals surface area contributed by atoms with Gasteiger partial charge in [-0.15, -0.1) is 10.2 Å². The van der Waals surface area contributed by atoms with Crippen molar-refractivity contribution in [1.29, 1.82) is 0 Å². The number of hydrogen-bond donors (Lipinski definition) is 2. The molecule has 0 bridgehead atoms. The van der Waals surface area contributed by atoms with Crippen molar-refractivity contribution in [2.75, 3.05) is 19.6 Å². The Hall–Kier alpha value is -1.01. The molecule has 0 aromatic carbocycles. The molecule has 2 fully saturated rings. The fraction of sp³-hybridized carbons (Fsp3) is 0.923. The Morgan fingerprint density at radius 3 is 2.74 bits per heavy atom. The van der Waals surface area contributed by atoms with Crippen LogP contribution in [0, 0.1) is 5.92 Å². The molecule has 0 aliphatic carbocycles. The predicted octanol–water partition coefficient (Wildman–Crippen LogP) is 0.944. The number of piperidine rings is 2. The molecule has 2 N–H and O–H groups in total. The molecule has 0 saturated carbocycles. The Bertz CT molecular complexity index is 351. The van der Waals surface area contributed by atoms with E-state index in [-0.39, 0.29) is 0 Å². The first-order chi connectivity index (χ1) is 9.42. The fourth-order valence-corrected chi connectivity index (χ4v) is 3.32. The fourth-order valence-electron chi connectivity index (χ4n) is 3.32. The maximum absolute atomic E-state index is 4.02. The van der Waals surface area contributed by atoms with Gasteiger partial charge in [0.2, 0.25) is 0 Å². The third-order valence-electron chi connectivity index (χ3n) is 4.54. The molecule has 3 heterocycles. The number of hydrogen-bond acceptors (Lipinski definition) is 5. The van der Waals surface area contributed by atoms with Crippen LogP contribution in [-0.2, 0) is 6.42 Å². The van der Waals surface area contributed by atoms with Crippen LogP contribution in [0.25, 0.3) is 0 Å². The molecule has 1 unspecified atom stereocenters. The Kier molecular flexibility index (Phi) is 4.40. The SMILES string of the molecule is C1CCC(N2CCC(CCc3nn[nH]n3)CC2)NC1. The summed E-state index contributed by atoms with van der Waals surface area (Å²) in [5.41, 5.74) is 0. The molecule has 106 valence electrons. The summed E-state index contributed by atoms with van der Waals surface area (Å²) in [4.78, 5) is 2.64. The summed E-state index contributed by atoms with van der Waals surface area (Å²) in [6, 6.07) is 0. The van der Waals surface area contributed by atoms with Crippen LogP contribution < -0.4 is 5.32 Å². The average Bonchev–Trinajstić information content (AvgIpc) is 3.00. The van der Waals surface area contributed by atoms with Crippen LogP contribution in [0.2, 0.25) is 0 Å². The molecular weight excluding hydrogens is 240 g/mol. The van der Waals surface area contributed by atoms with Crippen LogP contribution in [0.5, 0.6) is 0 Å². The predicted molar refractivity (Wildman–Crippen MR) is 72.4 cm³/mol. The number of tetrazole rings is 1. The largest absolute Gasteiger partial charge is 0.302 e. The number of nitrogens with zero attached hydrogens (tertiary/aromatic N) is 4. The van der Waals surface area contributed by atoms with Crippen molar-refractivity contribution >= 4 is 0 Å². The number of likely N-dealkylation sites (tertiary alicyclic amines) is 1.